The number of hydrogen-bond acceptors (Lipinski definition) is 3. The fraction of sp³-hybridized carbons (Fsp3) is 0.600. The van der Waals surface area contributed by atoms with Crippen LogP contribution in [-0.4, -0.2) is 36.7 Å². The summed E-state index contributed by atoms with van der Waals surface area (Å²) in [7, 11) is 4.24. The van der Waals surface area contributed by atoms with Gasteiger partial charge in [-0.2, -0.15) is 0 Å². The van der Waals surface area contributed by atoms with Gasteiger partial charge in [-0.25, -0.2) is 0 Å². The van der Waals surface area contributed by atoms with E-state index in [2.05, 4.69) is 88.0 Å². The van der Waals surface area contributed by atoms with Crippen LogP contribution in [0.2, 0.25) is 0 Å². The summed E-state index contributed by atoms with van der Waals surface area (Å²) in [6, 6.07) is 17.6. The van der Waals surface area contributed by atoms with Gasteiger partial charge in [0.2, 0.25) is 0 Å². The van der Waals surface area contributed by atoms with Crippen molar-refractivity contribution in [3.8, 4) is 0 Å². The first-order valence-corrected chi connectivity index (χ1v) is 15.2. The molecule has 0 radical (unpaired) electrons. The lowest BCUT2D eigenvalue weighted by molar-refractivity contribution is 0.0123. The van der Waals surface area contributed by atoms with E-state index in [4.69, 9.17) is 5.73 Å². The number of unbranched alkanes of at least 4 members (excludes halogenated alkanes) is 4. The minimum absolute atomic E-state index is 0.446. The summed E-state index contributed by atoms with van der Waals surface area (Å²) in [5.74, 6) is 0.703. The van der Waals surface area contributed by atoms with E-state index in [0.717, 1.165) is 57.1 Å². The van der Waals surface area contributed by atoms with Gasteiger partial charge in [-0.3, -0.25) is 0 Å². The van der Waals surface area contributed by atoms with Crippen LogP contribution in [0.3, 0.4) is 0 Å². The zero-order valence-electron chi connectivity index (χ0n) is 24.9. The first-order chi connectivity index (χ1) is 18.3. The van der Waals surface area contributed by atoms with Crippen molar-refractivity contribution in [2.24, 2.45) is 11.7 Å². The van der Waals surface area contributed by atoms with Crippen LogP contribution in [0.4, 0.5) is 0 Å². The Hall–Kier alpha value is -1.94. The molecule has 3 rings (SSSR count). The van der Waals surface area contributed by atoms with Crippen LogP contribution in [-0.2, 0) is 12.0 Å². The maximum absolute atomic E-state index is 11.9. The average Bonchev–Trinajstić information content (AvgIpc) is 2.91. The van der Waals surface area contributed by atoms with Crippen LogP contribution in [0, 0.1) is 12.8 Å². The van der Waals surface area contributed by atoms with Crippen molar-refractivity contribution in [1.29, 1.82) is 0 Å². The maximum Gasteiger partial charge on any atom is 0.0899 e. The number of aryl methyl sites for hydroxylation is 1. The minimum Gasteiger partial charge on any atom is -0.385 e. The van der Waals surface area contributed by atoms with Crippen molar-refractivity contribution in [1.82, 2.24) is 4.90 Å². The highest BCUT2D eigenvalue weighted by Gasteiger charge is 2.30. The van der Waals surface area contributed by atoms with E-state index in [1.165, 1.54) is 55.2 Å². The Morgan fingerprint density at radius 2 is 1.61 bits per heavy atom. The molecule has 2 aromatic carbocycles. The molecule has 3 heteroatoms. The van der Waals surface area contributed by atoms with Gasteiger partial charge in [0.15, 0.2) is 0 Å². The highest BCUT2D eigenvalue weighted by Crippen LogP contribution is 2.36. The summed E-state index contributed by atoms with van der Waals surface area (Å²) in [6.45, 7) is 9.26. The number of rotatable bonds is 14. The molecule has 3 nitrogen and oxygen atoms in total. The van der Waals surface area contributed by atoms with Gasteiger partial charge in [0.05, 0.1) is 5.60 Å². The Kier molecular flexibility index (Phi) is 15.0. The lowest BCUT2D eigenvalue weighted by Gasteiger charge is -2.31. The summed E-state index contributed by atoms with van der Waals surface area (Å²) in [6.07, 6.45) is 16.6. The van der Waals surface area contributed by atoms with Gasteiger partial charge in [-0.05, 0) is 107 Å². The second-order valence-electron chi connectivity index (χ2n) is 11.8. The van der Waals surface area contributed by atoms with E-state index in [-0.39, 0.29) is 0 Å². The number of nitrogens with zero attached hydrogens (tertiary/aromatic N) is 1. The molecule has 0 aromatic heterocycles. The predicted octanol–water partition coefficient (Wildman–Crippen LogP) is 8.17. The molecule has 0 aliphatic heterocycles. The number of aliphatic hydroxyl groups is 1. The molecule has 3 unspecified atom stereocenters. The second-order valence-corrected chi connectivity index (χ2v) is 11.8. The van der Waals surface area contributed by atoms with Gasteiger partial charge in [-0.1, -0.05) is 93.6 Å². The van der Waals surface area contributed by atoms with Gasteiger partial charge >= 0.3 is 0 Å². The standard InChI is InChI=1S/C27H41NO.C8H15N/c1-5-6-7-12-19-27(29,20-13-14-21-28(3)4)26-18-11-10-17-25(26)22-24-16-9-8-15-23(24)2;1-2-7-4-3-5-8(9)6-7/h8-11,15-18,29H,5-7,12-14,19-22H2,1-4H3;2,7-8H,1,3-6,9H2. The molecule has 0 heterocycles. The van der Waals surface area contributed by atoms with Crippen LogP contribution in [0.25, 0.3) is 0 Å². The van der Waals surface area contributed by atoms with Crippen molar-refractivity contribution < 1.29 is 5.11 Å². The molecular formula is C35H56N2O. The summed E-state index contributed by atoms with van der Waals surface area (Å²) in [5.41, 5.74) is 10.1. The van der Waals surface area contributed by atoms with E-state index in [1.807, 2.05) is 6.08 Å². The SMILES string of the molecule is C=CC1CCCC(N)C1.CCCCCCC(O)(CCCCN(C)C)c1ccccc1Cc1ccccc1C. The van der Waals surface area contributed by atoms with Crippen LogP contribution < -0.4 is 5.73 Å². The fourth-order valence-electron chi connectivity index (χ4n) is 5.71. The Morgan fingerprint density at radius 3 is 2.21 bits per heavy atom. The molecule has 1 aliphatic carbocycles. The summed E-state index contributed by atoms with van der Waals surface area (Å²) >= 11 is 0. The summed E-state index contributed by atoms with van der Waals surface area (Å²) in [5, 5.41) is 11.9. The number of hydrogen-bond donors (Lipinski definition) is 2. The normalized spacial score (nSPS) is 18.9. The van der Waals surface area contributed by atoms with Crippen molar-refractivity contribution >= 4 is 0 Å². The Labute approximate surface area is 234 Å². The monoisotopic (exact) mass is 520 g/mol. The second kappa shape index (κ2) is 17.6. The van der Waals surface area contributed by atoms with Crippen molar-refractivity contribution in [3.63, 3.8) is 0 Å². The minimum atomic E-state index is -0.723. The zero-order chi connectivity index (χ0) is 27.8. The lowest BCUT2D eigenvalue weighted by atomic mass is 9.80. The van der Waals surface area contributed by atoms with Crippen LogP contribution >= 0.6 is 0 Å². The summed E-state index contributed by atoms with van der Waals surface area (Å²) < 4.78 is 0. The number of allylic oxidation sites excluding steroid dienone is 1. The van der Waals surface area contributed by atoms with E-state index in [1.54, 1.807) is 0 Å². The van der Waals surface area contributed by atoms with Crippen LogP contribution in [0.5, 0.6) is 0 Å². The van der Waals surface area contributed by atoms with Crippen LogP contribution in [0.1, 0.15) is 106 Å². The van der Waals surface area contributed by atoms with E-state index in [9.17, 15) is 5.11 Å². The van der Waals surface area contributed by atoms with Crippen molar-refractivity contribution in [2.45, 2.75) is 109 Å². The Morgan fingerprint density at radius 1 is 0.947 bits per heavy atom. The zero-order valence-corrected chi connectivity index (χ0v) is 24.9. The number of nitrogens with two attached hydrogens (primary N) is 1. The molecular weight excluding hydrogens is 464 g/mol. The molecule has 0 saturated heterocycles. The molecule has 38 heavy (non-hydrogen) atoms. The lowest BCUT2D eigenvalue weighted by Crippen LogP contribution is -2.28. The third-order valence-corrected chi connectivity index (χ3v) is 8.14. The molecule has 1 fully saturated rings. The molecule has 1 saturated carbocycles. The smallest absolute Gasteiger partial charge is 0.0899 e. The van der Waals surface area contributed by atoms with E-state index in [0.29, 0.717) is 12.0 Å². The van der Waals surface area contributed by atoms with E-state index < -0.39 is 5.60 Å². The maximum atomic E-state index is 11.9. The Balaban J connectivity index is 0.000000474. The van der Waals surface area contributed by atoms with Gasteiger partial charge in [0, 0.05) is 6.04 Å². The first kappa shape index (κ1) is 32.3. The molecule has 2 aromatic rings. The van der Waals surface area contributed by atoms with Crippen LogP contribution in [0.15, 0.2) is 61.2 Å². The third-order valence-electron chi connectivity index (χ3n) is 8.14. The van der Waals surface area contributed by atoms with Crippen molar-refractivity contribution in [3.05, 3.63) is 83.4 Å². The summed E-state index contributed by atoms with van der Waals surface area (Å²) in [4.78, 5) is 2.23. The highest BCUT2D eigenvalue weighted by atomic mass is 16.3. The first-order valence-electron chi connectivity index (χ1n) is 15.2. The average molecular weight is 521 g/mol. The van der Waals surface area contributed by atoms with Gasteiger partial charge in [0.25, 0.3) is 0 Å². The van der Waals surface area contributed by atoms with Gasteiger partial charge in [-0.15, -0.1) is 6.58 Å². The highest BCUT2D eigenvalue weighted by molar-refractivity contribution is 5.38. The van der Waals surface area contributed by atoms with E-state index >= 15 is 0 Å². The molecule has 0 spiro atoms. The molecule has 3 atom stereocenters. The third kappa shape index (κ3) is 11.4. The van der Waals surface area contributed by atoms with Crippen molar-refractivity contribution in [2.75, 3.05) is 20.6 Å². The molecule has 212 valence electrons. The largest absolute Gasteiger partial charge is 0.385 e. The predicted molar refractivity (Wildman–Crippen MR) is 166 cm³/mol. The molecule has 3 N–H and O–H groups in total. The van der Waals surface area contributed by atoms with Gasteiger partial charge < -0.3 is 15.7 Å². The fourth-order valence-corrected chi connectivity index (χ4v) is 5.71. The molecule has 1 aliphatic rings. The van der Waals surface area contributed by atoms with Gasteiger partial charge in [0.1, 0.15) is 0 Å². The molecule has 0 amide bonds. The topological polar surface area (TPSA) is 49.5 Å². The molecule has 0 bridgehead atoms. The number of benzene rings is 2. The Bertz CT molecular complexity index is 924. The quantitative estimate of drug-likeness (QED) is 0.195.